The average molecular weight is 247 g/mol. The summed E-state index contributed by atoms with van der Waals surface area (Å²) in [5.41, 5.74) is 1.02. The molecule has 98 valence electrons. The Labute approximate surface area is 108 Å². The van der Waals surface area contributed by atoms with Crippen LogP contribution in [0.3, 0.4) is 0 Å². The van der Waals surface area contributed by atoms with Crippen LogP contribution in [-0.2, 0) is 4.79 Å². The first-order chi connectivity index (χ1) is 8.76. The van der Waals surface area contributed by atoms with E-state index in [9.17, 15) is 9.90 Å². The number of benzene rings is 1. The largest absolute Gasteiger partial charge is 0.394 e. The molecular formula is C15H21NO2. The molecule has 1 aliphatic rings. The molecule has 1 aromatic rings. The maximum absolute atomic E-state index is 12.0. The number of rotatable bonds is 4. The van der Waals surface area contributed by atoms with Gasteiger partial charge in [0.05, 0.1) is 12.6 Å². The Hall–Kier alpha value is -1.35. The van der Waals surface area contributed by atoms with Gasteiger partial charge in [0.1, 0.15) is 0 Å². The first kappa shape index (κ1) is 13.1. The Balaban J connectivity index is 2.18. The minimum atomic E-state index is -0.187. The molecule has 0 radical (unpaired) electrons. The Morgan fingerprint density at radius 3 is 2.72 bits per heavy atom. The van der Waals surface area contributed by atoms with E-state index in [1.807, 2.05) is 35.2 Å². The smallest absolute Gasteiger partial charge is 0.223 e. The van der Waals surface area contributed by atoms with E-state index in [1.165, 1.54) is 0 Å². The van der Waals surface area contributed by atoms with Gasteiger partial charge in [0.25, 0.3) is 0 Å². The van der Waals surface area contributed by atoms with Crippen molar-refractivity contribution in [1.82, 2.24) is 4.90 Å². The van der Waals surface area contributed by atoms with Gasteiger partial charge in [-0.2, -0.15) is 0 Å². The maximum atomic E-state index is 12.0. The summed E-state index contributed by atoms with van der Waals surface area (Å²) in [6.07, 6.45) is 2.69. The van der Waals surface area contributed by atoms with E-state index in [2.05, 4.69) is 6.92 Å². The van der Waals surface area contributed by atoms with Crippen LogP contribution in [0, 0.1) is 5.92 Å². The lowest BCUT2D eigenvalue weighted by molar-refractivity contribution is -0.138. The number of nitrogens with zero attached hydrogens (tertiary/aromatic N) is 1. The third-order valence-electron chi connectivity index (χ3n) is 3.85. The number of hydrogen-bond acceptors (Lipinski definition) is 2. The molecule has 0 saturated carbocycles. The van der Waals surface area contributed by atoms with Crippen LogP contribution >= 0.6 is 0 Å². The van der Waals surface area contributed by atoms with Crippen molar-refractivity contribution in [3.63, 3.8) is 0 Å². The zero-order valence-electron chi connectivity index (χ0n) is 10.9. The molecule has 3 nitrogen and oxygen atoms in total. The Morgan fingerprint density at radius 1 is 1.39 bits per heavy atom. The molecule has 0 bridgehead atoms. The van der Waals surface area contributed by atoms with Crippen molar-refractivity contribution in [3.05, 3.63) is 35.9 Å². The highest BCUT2D eigenvalue weighted by Crippen LogP contribution is 2.28. The lowest BCUT2D eigenvalue weighted by Gasteiger charge is -2.37. The molecule has 0 unspecified atom stereocenters. The minimum Gasteiger partial charge on any atom is -0.394 e. The first-order valence-electron chi connectivity index (χ1n) is 6.71. The van der Waals surface area contributed by atoms with Gasteiger partial charge < -0.3 is 10.0 Å². The number of aliphatic hydroxyl groups is 1. The van der Waals surface area contributed by atoms with E-state index in [0.29, 0.717) is 12.3 Å². The molecule has 2 rings (SSSR count). The highest BCUT2D eigenvalue weighted by molar-refractivity contribution is 5.77. The topological polar surface area (TPSA) is 40.5 Å². The molecule has 1 saturated heterocycles. The fourth-order valence-corrected chi connectivity index (χ4v) is 2.64. The predicted octanol–water partition coefficient (Wildman–Crippen LogP) is 2.37. The number of piperidine rings is 1. The Kier molecular flexibility index (Phi) is 4.37. The standard InChI is InChI=1S/C15H21NO2/c1-2-12-8-9-15(18)16(10-12)14(11-17)13-6-4-3-5-7-13/h3-7,12,14,17H,2,8-11H2,1H3/t12-,14-/m0/s1. The van der Waals surface area contributed by atoms with Gasteiger partial charge in [-0.3, -0.25) is 4.79 Å². The molecule has 0 spiro atoms. The van der Waals surface area contributed by atoms with E-state index >= 15 is 0 Å². The van der Waals surface area contributed by atoms with Crippen molar-refractivity contribution in [1.29, 1.82) is 0 Å². The molecule has 1 aliphatic heterocycles. The van der Waals surface area contributed by atoms with Crippen molar-refractivity contribution in [2.45, 2.75) is 32.2 Å². The summed E-state index contributed by atoms with van der Waals surface area (Å²) in [7, 11) is 0. The highest BCUT2D eigenvalue weighted by atomic mass is 16.3. The zero-order chi connectivity index (χ0) is 13.0. The third kappa shape index (κ3) is 2.72. The number of carbonyl (C=O) groups excluding carboxylic acids is 1. The van der Waals surface area contributed by atoms with E-state index in [1.54, 1.807) is 0 Å². The second-order valence-corrected chi connectivity index (χ2v) is 4.97. The second-order valence-electron chi connectivity index (χ2n) is 4.97. The molecule has 2 atom stereocenters. The lowest BCUT2D eigenvalue weighted by Crippen LogP contribution is -2.43. The SMILES string of the molecule is CC[C@H]1CCC(=O)N([C@@H](CO)c2ccccc2)C1. The fourth-order valence-electron chi connectivity index (χ4n) is 2.64. The first-order valence-corrected chi connectivity index (χ1v) is 6.71. The maximum Gasteiger partial charge on any atom is 0.223 e. The average Bonchev–Trinajstić information content (AvgIpc) is 2.43. The molecule has 1 N–H and O–H groups in total. The number of likely N-dealkylation sites (tertiary alicyclic amines) is 1. The Morgan fingerprint density at radius 2 is 2.11 bits per heavy atom. The van der Waals surface area contributed by atoms with Gasteiger partial charge in [-0.05, 0) is 17.9 Å². The zero-order valence-corrected chi connectivity index (χ0v) is 10.9. The summed E-state index contributed by atoms with van der Waals surface area (Å²) >= 11 is 0. The summed E-state index contributed by atoms with van der Waals surface area (Å²) in [6.45, 7) is 2.93. The van der Waals surface area contributed by atoms with E-state index in [-0.39, 0.29) is 18.6 Å². The van der Waals surface area contributed by atoms with Crippen molar-refractivity contribution in [3.8, 4) is 0 Å². The highest BCUT2D eigenvalue weighted by Gasteiger charge is 2.30. The van der Waals surface area contributed by atoms with Gasteiger partial charge >= 0.3 is 0 Å². The third-order valence-corrected chi connectivity index (χ3v) is 3.85. The fraction of sp³-hybridized carbons (Fsp3) is 0.533. The number of aliphatic hydroxyl groups excluding tert-OH is 1. The van der Waals surface area contributed by atoms with Crippen LogP contribution in [-0.4, -0.2) is 29.1 Å². The van der Waals surface area contributed by atoms with Crippen LogP contribution in [0.15, 0.2) is 30.3 Å². The van der Waals surface area contributed by atoms with Crippen LogP contribution in [0.2, 0.25) is 0 Å². The summed E-state index contributed by atoms with van der Waals surface area (Å²) in [5, 5.41) is 9.61. The second kappa shape index (κ2) is 6.01. The van der Waals surface area contributed by atoms with Crippen LogP contribution in [0.1, 0.15) is 37.8 Å². The van der Waals surface area contributed by atoms with Crippen LogP contribution in [0.5, 0.6) is 0 Å². The van der Waals surface area contributed by atoms with E-state index in [0.717, 1.165) is 24.9 Å². The monoisotopic (exact) mass is 247 g/mol. The minimum absolute atomic E-state index is 0.00775. The van der Waals surface area contributed by atoms with Gasteiger partial charge in [-0.15, -0.1) is 0 Å². The molecule has 1 aromatic carbocycles. The van der Waals surface area contributed by atoms with E-state index in [4.69, 9.17) is 0 Å². The quantitative estimate of drug-likeness (QED) is 0.887. The summed E-state index contributed by atoms with van der Waals surface area (Å²) in [6, 6.07) is 9.61. The number of carbonyl (C=O) groups is 1. The van der Waals surface area contributed by atoms with Gasteiger partial charge in [-0.1, -0.05) is 43.7 Å². The normalized spacial score (nSPS) is 22.0. The molecular weight excluding hydrogens is 226 g/mol. The van der Waals surface area contributed by atoms with E-state index < -0.39 is 0 Å². The molecule has 1 amide bonds. The number of amides is 1. The molecule has 1 fully saturated rings. The van der Waals surface area contributed by atoms with Crippen LogP contribution < -0.4 is 0 Å². The van der Waals surface area contributed by atoms with Crippen molar-refractivity contribution >= 4 is 5.91 Å². The van der Waals surface area contributed by atoms with Gasteiger partial charge in [0.2, 0.25) is 5.91 Å². The molecule has 0 aliphatic carbocycles. The molecule has 0 aromatic heterocycles. The lowest BCUT2D eigenvalue weighted by atomic mass is 9.92. The molecule has 3 heteroatoms. The Bertz CT molecular complexity index is 391. The van der Waals surface area contributed by atoms with Crippen LogP contribution in [0.25, 0.3) is 0 Å². The molecule has 18 heavy (non-hydrogen) atoms. The van der Waals surface area contributed by atoms with Crippen molar-refractivity contribution in [2.24, 2.45) is 5.92 Å². The van der Waals surface area contributed by atoms with Gasteiger partial charge in [-0.25, -0.2) is 0 Å². The van der Waals surface area contributed by atoms with Crippen molar-refractivity contribution < 1.29 is 9.90 Å². The van der Waals surface area contributed by atoms with Gasteiger partial charge in [0, 0.05) is 13.0 Å². The summed E-state index contributed by atoms with van der Waals surface area (Å²) in [4.78, 5) is 13.9. The van der Waals surface area contributed by atoms with Gasteiger partial charge in [0.15, 0.2) is 0 Å². The van der Waals surface area contributed by atoms with Crippen molar-refractivity contribution in [2.75, 3.05) is 13.2 Å². The number of hydrogen-bond donors (Lipinski definition) is 1. The summed E-state index contributed by atoms with van der Waals surface area (Å²) in [5.74, 6) is 0.739. The van der Waals surface area contributed by atoms with Crippen LogP contribution in [0.4, 0.5) is 0 Å². The summed E-state index contributed by atoms with van der Waals surface area (Å²) < 4.78 is 0. The predicted molar refractivity (Wildman–Crippen MR) is 71.0 cm³/mol. The molecule has 1 heterocycles.